The molecule has 7 nitrogen and oxygen atoms in total. The molecule has 0 saturated carbocycles. The van der Waals surface area contributed by atoms with Gasteiger partial charge in [-0.15, -0.1) is 0 Å². The van der Waals surface area contributed by atoms with Crippen LogP contribution >= 0.6 is 0 Å². The van der Waals surface area contributed by atoms with Crippen LogP contribution < -0.4 is 21.5 Å². The van der Waals surface area contributed by atoms with Gasteiger partial charge in [0, 0.05) is 20.1 Å². The Hall–Kier alpha value is -2.41. The van der Waals surface area contributed by atoms with Crippen molar-refractivity contribution in [2.75, 3.05) is 29.7 Å². The Morgan fingerprint density at radius 3 is 2.38 bits per heavy atom. The normalized spacial score (nSPS) is 11.8. The number of benzene rings is 1. The smallest absolute Gasteiger partial charge is 0.243 e. The highest BCUT2D eigenvalue weighted by molar-refractivity contribution is 5.42. The Morgan fingerprint density at radius 1 is 1.10 bits per heavy atom. The van der Waals surface area contributed by atoms with E-state index in [9.17, 15) is 0 Å². The number of nitrogens with zero attached hydrogens (tertiary/aromatic N) is 4. The zero-order valence-electron chi connectivity index (χ0n) is 12.5. The van der Waals surface area contributed by atoms with Crippen LogP contribution in [0.15, 0.2) is 30.3 Å². The molecule has 0 aliphatic heterocycles. The van der Waals surface area contributed by atoms with Gasteiger partial charge in [0.25, 0.3) is 0 Å². The standard InChI is InChI=1S/C14H21N7/c1-10(9-11-7-5-4-6-8-11)16-12-17-13(20-15)19-14(18-12)21(2)3/h4-8,10H,9,15H2,1-3H3,(H2,16,17,18,19,20). The number of nitrogens with one attached hydrogen (secondary N) is 2. The van der Waals surface area contributed by atoms with E-state index in [1.54, 1.807) is 4.90 Å². The van der Waals surface area contributed by atoms with Crippen LogP contribution in [0.3, 0.4) is 0 Å². The molecule has 4 N–H and O–H groups in total. The number of nitrogen functional groups attached to an aromatic ring is 1. The first-order chi connectivity index (χ1) is 10.1. The minimum absolute atomic E-state index is 0.190. The van der Waals surface area contributed by atoms with Crippen molar-refractivity contribution in [1.29, 1.82) is 0 Å². The average molecular weight is 287 g/mol. The summed E-state index contributed by atoms with van der Waals surface area (Å²) < 4.78 is 0. The molecule has 1 unspecified atom stereocenters. The first-order valence-corrected chi connectivity index (χ1v) is 6.79. The molecule has 1 aromatic carbocycles. The predicted molar refractivity (Wildman–Crippen MR) is 85.2 cm³/mol. The van der Waals surface area contributed by atoms with E-state index in [2.05, 4.69) is 44.8 Å². The highest BCUT2D eigenvalue weighted by Gasteiger charge is 2.10. The first-order valence-electron chi connectivity index (χ1n) is 6.79. The third-order valence-electron chi connectivity index (χ3n) is 2.91. The van der Waals surface area contributed by atoms with E-state index in [1.165, 1.54) is 5.56 Å². The number of hydrogen-bond donors (Lipinski definition) is 3. The van der Waals surface area contributed by atoms with Crippen molar-refractivity contribution in [1.82, 2.24) is 15.0 Å². The van der Waals surface area contributed by atoms with Crippen molar-refractivity contribution < 1.29 is 0 Å². The first kappa shape index (κ1) is 15.0. The van der Waals surface area contributed by atoms with Crippen LogP contribution in [0.25, 0.3) is 0 Å². The third kappa shape index (κ3) is 4.28. The fourth-order valence-electron chi connectivity index (χ4n) is 1.93. The maximum Gasteiger partial charge on any atom is 0.243 e. The summed E-state index contributed by atoms with van der Waals surface area (Å²) in [6, 6.07) is 10.5. The van der Waals surface area contributed by atoms with E-state index in [1.807, 2.05) is 32.3 Å². The van der Waals surface area contributed by atoms with Crippen molar-refractivity contribution in [2.24, 2.45) is 5.84 Å². The van der Waals surface area contributed by atoms with Gasteiger partial charge in [-0.3, -0.25) is 5.43 Å². The van der Waals surface area contributed by atoms with Gasteiger partial charge in [-0.25, -0.2) is 5.84 Å². The Kier molecular flexibility index (Phi) is 4.89. The summed E-state index contributed by atoms with van der Waals surface area (Å²) in [6.07, 6.45) is 0.884. The van der Waals surface area contributed by atoms with Crippen LogP contribution in [0.4, 0.5) is 17.8 Å². The number of rotatable bonds is 6. The molecule has 7 heteroatoms. The van der Waals surface area contributed by atoms with Crippen LogP contribution in [0, 0.1) is 0 Å². The molecule has 0 fully saturated rings. The molecule has 0 bridgehead atoms. The molecule has 2 aromatic rings. The van der Waals surface area contributed by atoms with Gasteiger partial charge in [-0.05, 0) is 18.9 Å². The zero-order chi connectivity index (χ0) is 15.2. The maximum atomic E-state index is 5.39. The molecule has 1 heterocycles. The monoisotopic (exact) mass is 287 g/mol. The molecule has 112 valence electrons. The summed E-state index contributed by atoms with van der Waals surface area (Å²) in [4.78, 5) is 14.6. The van der Waals surface area contributed by atoms with Crippen molar-refractivity contribution >= 4 is 17.8 Å². The van der Waals surface area contributed by atoms with Crippen molar-refractivity contribution in [3.63, 3.8) is 0 Å². The summed E-state index contributed by atoms with van der Waals surface area (Å²) in [5.41, 5.74) is 3.72. The van der Waals surface area contributed by atoms with Crippen LogP contribution in [-0.2, 0) is 6.42 Å². The van der Waals surface area contributed by atoms with Crippen LogP contribution in [0.5, 0.6) is 0 Å². The highest BCUT2D eigenvalue weighted by Crippen LogP contribution is 2.13. The van der Waals surface area contributed by atoms with Gasteiger partial charge in [-0.1, -0.05) is 30.3 Å². The Morgan fingerprint density at radius 2 is 1.76 bits per heavy atom. The van der Waals surface area contributed by atoms with Gasteiger partial charge < -0.3 is 10.2 Å². The van der Waals surface area contributed by atoms with Gasteiger partial charge in [0.05, 0.1) is 0 Å². The lowest BCUT2D eigenvalue weighted by Gasteiger charge is -2.16. The second kappa shape index (κ2) is 6.85. The fourth-order valence-corrected chi connectivity index (χ4v) is 1.93. The van der Waals surface area contributed by atoms with Gasteiger partial charge in [0.2, 0.25) is 17.8 Å². The number of aromatic nitrogens is 3. The molecule has 0 aliphatic rings. The van der Waals surface area contributed by atoms with E-state index in [-0.39, 0.29) is 6.04 Å². The largest absolute Gasteiger partial charge is 0.351 e. The van der Waals surface area contributed by atoms with Crippen molar-refractivity contribution in [2.45, 2.75) is 19.4 Å². The minimum atomic E-state index is 0.190. The lowest BCUT2D eigenvalue weighted by Crippen LogP contribution is -2.23. The molecule has 0 saturated heterocycles. The fraction of sp³-hybridized carbons (Fsp3) is 0.357. The SMILES string of the molecule is CC(Cc1ccccc1)Nc1nc(NN)nc(N(C)C)n1. The Bertz CT molecular complexity index is 571. The van der Waals surface area contributed by atoms with Gasteiger partial charge in [0.1, 0.15) is 0 Å². The number of hydrogen-bond acceptors (Lipinski definition) is 7. The molecule has 0 aliphatic carbocycles. The molecular weight excluding hydrogens is 266 g/mol. The zero-order valence-corrected chi connectivity index (χ0v) is 12.5. The number of hydrazine groups is 1. The van der Waals surface area contributed by atoms with Gasteiger partial charge in [0.15, 0.2) is 0 Å². The third-order valence-corrected chi connectivity index (χ3v) is 2.91. The maximum absolute atomic E-state index is 5.39. The van der Waals surface area contributed by atoms with Crippen LogP contribution in [0.2, 0.25) is 0 Å². The van der Waals surface area contributed by atoms with E-state index in [0.717, 1.165) is 6.42 Å². The van der Waals surface area contributed by atoms with Crippen LogP contribution in [-0.4, -0.2) is 35.1 Å². The molecule has 0 spiro atoms. The van der Waals surface area contributed by atoms with Gasteiger partial charge >= 0.3 is 0 Å². The summed E-state index contributed by atoms with van der Waals surface area (Å²) in [6.45, 7) is 2.08. The van der Waals surface area contributed by atoms with E-state index >= 15 is 0 Å². The lowest BCUT2D eigenvalue weighted by atomic mass is 10.1. The van der Waals surface area contributed by atoms with E-state index < -0.39 is 0 Å². The molecule has 1 aromatic heterocycles. The highest BCUT2D eigenvalue weighted by atomic mass is 15.4. The molecule has 0 amide bonds. The second-order valence-corrected chi connectivity index (χ2v) is 5.06. The van der Waals surface area contributed by atoms with Crippen molar-refractivity contribution in [3.8, 4) is 0 Å². The Labute approximate surface area is 124 Å². The number of anilines is 3. The lowest BCUT2D eigenvalue weighted by molar-refractivity contribution is 0.773. The number of nitrogens with two attached hydrogens (primary N) is 1. The quantitative estimate of drug-likeness (QED) is 0.544. The molecular formula is C14H21N7. The average Bonchev–Trinajstić information content (AvgIpc) is 2.47. The summed E-state index contributed by atoms with van der Waals surface area (Å²) in [7, 11) is 3.74. The minimum Gasteiger partial charge on any atom is -0.351 e. The van der Waals surface area contributed by atoms with Crippen molar-refractivity contribution in [3.05, 3.63) is 35.9 Å². The van der Waals surface area contributed by atoms with E-state index in [0.29, 0.717) is 17.8 Å². The topological polar surface area (TPSA) is 92.0 Å². The van der Waals surface area contributed by atoms with Gasteiger partial charge in [-0.2, -0.15) is 15.0 Å². The molecule has 2 rings (SSSR count). The predicted octanol–water partition coefficient (Wildman–Crippen LogP) is 1.27. The summed E-state index contributed by atoms with van der Waals surface area (Å²) >= 11 is 0. The molecule has 0 radical (unpaired) electrons. The van der Waals surface area contributed by atoms with E-state index in [4.69, 9.17) is 5.84 Å². The summed E-state index contributed by atoms with van der Waals surface area (Å²) in [5, 5.41) is 3.28. The molecule has 21 heavy (non-hydrogen) atoms. The Balaban J connectivity index is 2.09. The van der Waals surface area contributed by atoms with Crippen LogP contribution in [0.1, 0.15) is 12.5 Å². The molecule has 1 atom stereocenters. The second-order valence-electron chi connectivity index (χ2n) is 5.06. The summed E-state index contributed by atoms with van der Waals surface area (Å²) in [5.74, 6) is 6.78.